The average Bonchev–Trinajstić information content (AvgIpc) is 3.45. The van der Waals surface area contributed by atoms with Crippen LogP contribution in [0.2, 0.25) is 0 Å². The quantitative estimate of drug-likeness (QED) is 0.129. The maximum absolute atomic E-state index is 12.1. The first-order valence-electron chi connectivity index (χ1n) is 12.4. The van der Waals surface area contributed by atoms with Gasteiger partial charge in [-0.3, -0.25) is 24.1 Å². The monoisotopic (exact) mass is 696 g/mol. The first kappa shape index (κ1) is 41.6. The number of carbonyl (C=O) groups excluding carboxylic acids is 6. The van der Waals surface area contributed by atoms with E-state index in [1.165, 1.54) is 0 Å². The molecule has 10 heteroatoms. The van der Waals surface area contributed by atoms with Gasteiger partial charge in [0.2, 0.25) is 0 Å². The summed E-state index contributed by atoms with van der Waals surface area (Å²) in [6, 6.07) is 31.1. The topological polar surface area (TPSA) is 120 Å². The Bertz CT molecular complexity index is 1580. The molecule has 8 nitrogen and oxygen atoms in total. The Morgan fingerprint density at radius 3 is 1.24 bits per heavy atom. The second-order valence-electron chi connectivity index (χ2n) is 8.72. The zero-order valence-electron chi connectivity index (χ0n) is 22.5. The minimum Gasteiger partial charge on any atom is -0.587 e. The number of rotatable bonds is 5. The number of hydrogen-bond donors (Lipinski definition) is 0. The number of benzene rings is 4. The number of ketones is 2. The molecule has 0 saturated heterocycles. The molecule has 0 bridgehead atoms. The number of Topliss-reactive ketones (excluding diaryl/α,β-unsaturated/α-hetero) is 2. The third-order valence-corrected chi connectivity index (χ3v) is 6.59. The van der Waals surface area contributed by atoms with Crippen molar-refractivity contribution in [2.75, 3.05) is 11.9 Å². The van der Waals surface area contributed by atoms with E-state index in [0.717, 1.165) is 10.5 Å². The van der Waals surface area contributed by atoms with Crippen molar-refractivity contribution in [3.05, 3.63) is 148 Å². The fourth-order valence-electron chi connectivity index (χ4n) is 4.01. The fourth-order valence-corrected chi connectivity index (χ4v) is 4.34. The molecule has 4 aromatic rings. The molecule has 0 unspecified atom stereocenters. The summed E-state index contributed by atoms with van der Waals surface area (Å²) in [4.78, 5) is 70.1. The van der Waals surface area contributed by atoms with Gasteiger partial charge in [0, 0.05) is 22.3 Å². The molecule has 2 heterocycles. The Labute approximate surface area is 315 Å². The number of hydrogen-bond acceptors (Lipinski definition) is 6. The predicted molar refractivity (Wildman–Crippen MR) is 176 cm³/mol. The number of alkyl halides is 1. The van der Waals surface area contributed by atoms with Gasteiger partial charge in [-0.1, -0.05) is 135 Å². The van der Waals surface area contributed by atoms with E-state index in [1.807, 2.05) is 30.3 Å². The van der Waals surface area contributed by atoms with E-state index >= 15 is 0 Å². The first-order valence-corrected chi connectivity index (χ1v) is 13.5. The molecule has 2 aliphatic heterocycles. The van der Waals surface area contributed by atoms with Crippen molar-refractivity contribution >= 4 is 51.1 Å². The molecule has 0 fully saturated rings. The van der Waals surface area contributed by atoms with Crippen molar-refractivity contribution in [2.24, 2.45) is 0 Å². The maximum atomic E-state index is 12.1. The molecule has 4 amide bonds. The molecule has 0 aliphatic carbocycles. The van der Waals surface area contributed by atoms with Crippen molar-refractivity contribution in [3.8, 4) is 0 Å². The average molecular weight is 698 g/mol. The van der Waals surface area contributed by atoms with Gasteiger partial charge in [0.25, 0.3) is 11.8 Å². The zero-order valence-corrected chi connectivity index (χ0v) is 27.2. The molecule has 228 valence electrons. The second-order valence-corrected chi connectivity index (χ2v) is 9.28. The van der Waals surface area contributed by atoms with Crippen molar-refractivity contribution in [1.82, 2.24) is 4.90 Å². The van der Waals surface area contributed by atoms with Gasteiger partial charge in [0.15, 0.2) is 11.6 Å². The molecule has 45 heavy (non-hydrogen) atoms. The number of carbonyl (C=O) groups is 6. The van der Waals surface area contributed by atoms with Crippen molar-refractivity contribution in [2.45, 2.75) is 22.3 Å². The third-order valence-electron chi connectivity index (χ3n) is 6.08. The number of fused-ring (bicyclic) bond motifs is 2. The number of imide groups is 2. The van der Waals surface area contributed by atoms with E-state index in [4.69, 9.17) is 0 Å². The van der Waals surface area contributed by atoms with Crippen LogP contribution in [0.15, 0.2) is 109 Å². The van der Waals surface area contributed by atoms with Gasteiger partial charge in [0.05, 0.1) is 34.8 Å². The van der Waals surface area contributed by atoms with Crippen LogP contribution in [-0.2, 0) is 0 Å². The van der Waals surface area contributed by atoms with Crippen molar-refractivity contribution < 1.29 is 80.2 Å². The Balaban J connectivity index is 0.000000668. The normalized spacial score (nSPS) is 11.6. The van der Waals surface area contributed by atoms with Gasteiger partial charge < -0.3 is 14.9 Å². The summed E-state index contributed by atoms with van der Waals surface area (Å²) < 4.78 is 0. The van der Waals surface area contributed by atoms with E-state index in [1.54, 1.807) is 78.9 Å². The Kier molecular flexibility index (Phi) is 18.4. The summed E-state index contributed by atoms with van der Waals surface area (Å²) in [7, 11) is 0. The van der Waals surface area contributed by atoms with E-state index < -0.39 is 23.6 Å². The third kappa shape index (κ3) is 10.3. The van der Waals surface area contributed by atoms with E-state index in [-0.39, 0.29) is 91.8 Å². The van der Waals surface area contributed by atoms with Crippen LogP contribution >= 0.6 is 15.9 Å². The summed E-state index contributed by atoms with van der Waals surface area (Å²) >= 11 is 3.10. The Morgan fingerprint density at radius 2 is 0.867 bits per heavy atom. The van der Waals surface area contributed by atoms with Crippen LogP contribution in [0.3, 0.4) is 0 Å². The zero-order chi connectivity index (χ0) is 29.4. The van der Waals surface area contributed by atoms with Crippen LogP contribution < -0.4 is 51.4 Å². The molecule has 0 aromatic heterocycles. The summed E-state index contributed by atoms with van der Waals surface area (Å²) in [6.45, 7) is -0.226. The molecule has 0 N–H and O–H groups in total. The fraction of sp³-hybridized carbons (Fsp3) is 0.143. The van der Waals surface area contributed by atoms with Gasteiger partial charge in [-0.25, -0.2) is 0 Å². The molecule has 6 rings (SSSR count). The minimum atomic E-state index is -0.425. The van der Waals surface area contributed by atoms with Crippen molar-refractivity contribution in [1.29, 1.82) is 0 Å². The van der Waals surface area contributed by atoms with Gasteiger partial charge in [-0.15, -0.1) is 0 Å². The summed E-state index contributed by atoms with van der Waals surface area (Å²) in [5.74, 6) is -1.79. The van der Waals surface area contributed by atoms with Gasteiger partial charge in [-0.2, -0.15) is 0 Å². The molecule has 4 aromatic carbocycles. The van der Waals surface area contributed by atoms with Crippen LogP contribution in [0.25, 0.3) is 5.32 Å². The molecule has 0 radical (unpaired) electrons. The van der Waals surface area contributed by atoms with Crippen LogP contribution in [0.4, 0.5) is 0 Å². The largest absolute Gasteiger partial charge is 1.00 e. The smallest absolute Gasteiger partial charge is 0.587 e. The van der Waals surface area contributed by atoms with E-state index in [0.29, 0.717) is 33.1 Å². The second kappa shape index (κ2) is 19.9. The van der Waals surface area contributed by atoms with Gasteiger partial charge >= 0.3 is 51.4 Å². The molecular formula is C35H34BrKN2O6. The Morgan fingerprint density at radius 1 is 0.533 bits per heavy atom. The molecular weight excluding hydrogens is 663 g/mol. The summed E-state index contributed by atoms with van der Waals surface area (Å²) in [6.07, 6.45) is 0. The molecule has 0 atom stereocenters. The van der Waals surface area contributed by atoms with Crippen LogP contribution in [0.5, 0.6) is 0 Å². The Hall–Kier alpha value is -3.38. The maximum Gasteiger partial charge on any atom is 1.00 e. The first-order chi connectivity index (χ1) is 19.8. The number of nitrogens with zero attached hydrogens (tertiary/aromatic N) is 2. The summed E-state index contributed by atoms with van der Waals surface area (Å²) in [5, 5.41) is 3.68. The van der Waals surface area contributed by atoms with Gasteiger partial charge in [-0.05, 0) is 12.1 Å². The van der Waals surface area contributed by atoms with Crippen LogP contribution in [0, 0.1) is 0 Å². The van der Waals surface area contributed by atoms with Crippen molar-refractivity contribution in [3.63, 3.8) is 0 Å². The van der Waals surface area contributed by atoms with E-state index in [2.05, 4.69) is 21.2 Å². The van der Waals surface area contributed by atoms with Crippen LogP contribution in [0.1, 0.15) is 84.4 Å². The van der Waals surface area contributed by atoms with Crippen LogP contribution in [-0.4, -0.2) is 52.0 Å². The molecule has 2 aliphatic rings. The molecule has 0 saturated carbocycles. The van der Waals surface area contributed by atoms with E-state index in [9.17, 15) is 28.8 Å². The van der Waals surface area contributed by atoms with Gasteiger partial charge in [0.1, 0.15) is 0 Å². The standard InChI is InChI=1S/C16H11NO3.C8H7BrO.C8H5NO2.3CH4.K/c18-14(11-6-2-1-3-7-11)10-17-15(19)12-8-4-5-9-13(12)16(17)20;9-6-8(10)7-4-2-1-3-5-7;10-7-5-3-1-2-4-6(5)8(11)9-7;;;;/h1-9H,10H2;1-5H,6H2;1-4H,(H,9,10,11);3*1H4;/q;;;;;;+1/p-1. The number of halogens is 1. The SMILES string of the molecule is C.C.C.O=C(CBr)c1ccccc1.O=C(CN1C(=O)c2ccccc2C1=O)c1ccccc1.O=C1[N-]C(=O)c2ccccc21.[K+]. The minimum absolute atomic E-state index is 0. The number of amides is 4. The predicted octanol–water partition coefficient (Wildman–Crippen LogP) is 4.70. The molecule has 0 spiro atoms. The summed E-state index contributed by atoms with van der Waals surface area (Å²) in [5.41, 5.74) is 2.80.